The minimum absolute atomic E-state index is 0.135. The molecule has 0 N–H and O–H groups in total. The van der Waals surface area contributed by atoms with Crippen molar-refractivity contribution in [3.63, 3.8) is 0 Å². The summed E-state index contributed by atoms with van der Waals surface area (Å²) in [5.41, 5.74) is 0. The van der Waals surface area contributed by atoms with Crippen LogP contribution >= 0.6 is 0 Å². The van der Waals surface area contributed by atoms with E-state index in [0.717, 1.165) is 38.5 Å². The van der Waals surface area contributed by atoms with E-state index in [9.17, 15) is 13.2 Å². The van der Waals surface area contributed by atoms with Crippen molar-refractivity contribution in [1.29, 1.82) is 0 Å². The number of rotatable bonds is 9. The Bertz CT molecular complexity index is 211. The maximum atomic E-state index is 12.2. The summed E-state index contributed by atoms with van der Waals surface area (Å²) in [6, 6.07) is 0. The summed E-state index contributed by atoms with van der Waals surface area (Å²) in [6.45, 7) is 7.18. The Morgan fingerprint density at radius 2 is 1.76 bits per heavy atom. The Morgan fingerprint density at radius 3 is 2.24 bits per heavy atom. The first-order chi connectivity index (χ1) is 7.91. The van der Waals surface area contributed by atoms with E-state index in [2.05, 4.69) is 13.5 Å². The lowest BCUT2D eigenvalue weighted by molar-refractivity contribution is -0.132. The van der Waals surface area contributed by atoms with Gasteiger partial charge in [0.05, 0.1) is 6.61 Å². The van der Waals surface area contributed by atoms with E-state index in [4.69, 9.17) is 4.74 Å². The molecule has 0 radical (unpaired) electrons. The summed E-state index contributed by atoms with van der Waals surface area (Å²) >= 11 is 0. The van der Waals surface area contributed by atoms with Gasteiger partial charge in [-0.2, -0.15) is 13.2 Å². The minimum atomic E-state index is -4.43. The molecule has 0 amide bonds. The number of unbranched alkanes of at least 4 members (excludes halogenated alkanes) is 2. The Morgan fingerprint density at radius 1 is 1.12 bits per heavy atom. The molecule has 4 heteroatoms. The molecule has 0 aromatic heterocycles. The van der Waals surface area contributed by atoms with Gasteiger partial charge in [-0.15, -0.1) is 0 Å². The van der Waals surface area contributed by atoms with Gasteiger partial charge in [-0.1, -0.05) is 46.1 Å². The number of hydrogen-bond donors (Lipinski definition) is 0. The van der Waals surface area contributed by atoms with Crippen molar-refractivity contribution < 1.29 is 17.9 Å². The third-order valence-corrected chi connectivity index (χ3v) is 2.72. The van der Waals surface area contributed by atoms with E-state index in [1.54, 1.807) is 0 Å². The van der Waals surface area contributed by atoms with Gasteiger partial charge >= 0.3 is 6.18 Å². The zero-order valence-corrected chi connectivity index (χ0v) is 10.8. The van der Waals surface area contributed by atoms with Gasteiger partial charge < -0.3 is 4.74 Å². The maximum absolute atomic E-state index is 12.2. The van der Waals surface area contributed by atoms with E-state index in [-0.39, 0.29) is 12.5 Å². The van der Waals surface area contributed by atoms with Crippen LogP contribution in [-0.4, -0.2) is 12.8 Å². The number of allylic oxidation sites excluding steroid dienone is 1. The summed E-state index contributed by atoms with van der Waals surface area (Å²) in [4.78, 5) is 0. The second-order valence-corrected chi connectivity index (χ2v) is 4.38. The van der Waals surface area contributed by atoms with Crippen LogP contribution in [0.15, 0.2) is 12.3 Å². The van der Waals surface area contributed by atoms with E-state index in [1.807, 2.05) is 6.92 Å². The van der Waals surface area contributed by atoms with Crippen LogP contribution in [0.5, 0.6) is 0 Å². The van der Waals surface area contributed by atoms with Gasteiger partial charge in [-0.05, 0) is 18.8 Å². The van der Waals surface area contributed by atoms with Gasteiger partial charge in [0.1, 0.15) is 0 Å². The molecule has 0 bridgehead atoms. The van der Waals surface area contributed by atoms with Crippen LogP contribution in [0.2, 0.25) is 0 Å². The van der Waals surface area contributed by atoms with Crippen LogP contribution in [0.4, 0.5) is 13.2 Å². The van der Waals surface area contributed by atoms with Gasteiger partial charge in [0.25, 0.3) is 0 Å². The lowest BCUT2D eigenvalue weighted by Gasteiger charge is -2.19. The van der Waals surface area contributed by atoms with Crippen molar-refractivity contribution in [2.75, 3.05) is 6.61 Å². The molecular formula is C13H23F3O. The van der Waals surface area contributed by atoms with Crippen molar-refractivity contribution in [3.05, 3.63) is 12.3 Å². The van der Waals surface area contributed by atoms with Crippen molar-refractivity contribution in [1.82, 2.24) is 0 Å². The first-order valence-electron chi connectivity index (χ1n) is 6.30. The number of alkyl halides is 3. The summed E-state index contributed by atoms with van der Waals surface area (Å²) < 4.78 is 41.2. The molecule has 0 fully saturated rings. The summed E-state index contributed by atoms with van der Waals surface area (Å²) in [7, 11) is 0. The smallest absolute Gasteiger partial charge is 0.448 e. The summed E-state index contributed by atoms with van der Waals surface area (Å²) in [5, 5.41) is 0. The first-order valence-corrected chi connectivity index (χ1v) is 6.30. The quantitative estimate of drug-likeness (QED) is 0.411. The molecule has 1 nitrogen and oxygen atoms in total. The van der Waals surface area contributed by atoms with Crippen LogP contribution in [0.25, 0.3) is 0 Å². The van der Waals surface area contributed by atoms with Crippen LogP contribution in [-0.2, 0) is 4.74 Å². The molecule has 0 saturated heterocycles. The Balaban J connectivity index is 3.95. The average Bonchev–Trinajstić information content (AvgIpc) is 2.24. The van der Waals surface area contributed by atoms with Gasteiger partial charge in [0, 0.05) is 0 Å². The average molecular weight is 252 g/mol. The second kappa shape index (κ2) is 8.43. The van der Waals surface area contributed by atoms with Crippen molar-refractivity contribution >= 4 is 0 Å². The molecule has 0 aromatic rings. The fourth-order valence-corrected chi connectivity index (χ4v) is 1.70. The molecule has 17 heavy (non-hydrogen) atoms. The van der Waals surface area contributed by atoms with Crippen molar-refractivity contribution in [2.45, 2.75) is 58.5 Å². The topological polar surface area (TPSA) is 9.23 Å². The van der Waals surface area contributed by atoms with Gasteiger partial charge in [0.15, 0.2) is 5.76 Å². The molecule has 0 aliphatic carbocycles. The maximum Gasteiger partial charge on any atom is 0.448 e. The fraction of sp³-hybridized carbons (Fsp3) is 0.846. The largest absolute Gasteiger partial charge is 0.489 e. The zero-order chi connectivity index (χ0) is 13.3. The van der Waals surface area contributed by atoms with Crippen LogP contribution < -0.4 is 0 Å². The molecule has 0 saturated carbocycles. The molecule has 0 aromatic carbocycles. The fourth-order valence-electron chi connectivity index (χ4n) is 1.70. The Hall–Kier alpha value is -0.670. The second-order valence-electron chi connectivity index (χ2n) is 4.38. The molecule has 0 aliphatic heterocycles. The van der Waals surface area contributed by atoms with Gasteiger partial charge in [-0.3, -0.25) is 0 Å². The monoisotopic (exact) mass is 252 g/mol. The molecule has 102 valence electrons. The highest BCUT2D eigenvalue weighted by Crippen LogP contribution is 2.26. The number of hydrogen-bond acceptors (Lipinski definition) is 1. The SMILES string of the molecule is C=C(OCC(CCC)CCCCC)C(F)(F)F. The summed E-state index contributed by atoms with van der Waals surface area (Å²) in [5.74, 6) is -0.861. The highest BCUT2D eigenvalue weighted by molar-refractivity contribution is 4.91. The van der Waals surface area contributed by atoms with Gasteiger partial charge in [-0.25, -0.2) is 0 Å². The molecule has 1 atom stereocenters. The van der Waals surface area contributed by atoms with Crippen LogP contribution in [0.3, 0.4) is 0 Å². The predicted octanol–water partition coefficient (Wildman–Crippen LogP) is 5.08. The molecule has 1 unspecified atom stereocenters. The molecule has 0 spiro atoms. The Labute approximate surface area is 102 Å². The van der Waals surface area contributed by atoms with E-state index in [1.165, 1.54) is 0 Å². The van der Waals surface area contributed by atoms with E-state index >= 15 is 0 Å². The van der Waals surface area contributed by atoms with Crippen molar-refractivity contribution in [3.8, 4) is 0 Å². The van der Waals surface area contributed by atoms with E-state index < -0.39 is 11.9 Å². The molecule has 0 heterocycles. The number of ether oxygens (including phenoxy) is 1. The third-order valence-electron chi connectivity index (χ3n) is 2.72. The van der Waals surface area contributed by atoms with E-state index in [0.29, 0.717) is 0 Å². The molecule has 0 aliphatic rings. The first kappa shape index (κ1) is 16.3. The normalized spacial score (nSPS) is 13.5. The summed E-state index contributed by atoms with van der Waals surface area (Å²) in [6.07, 6.45) is 1.69. The number of halogens is 3. The highest BCUT2D eigenvalue weighted by Gasteiger charge is 2.34. The predicted molar refractivity (Wildman–Crippen MR) is 63.7 cm³/mol. The highest BCUT2D eigenvalue weighted by atomic mass is 19.4. The van der Waals surface area contributed by atoms with Crippen molar-refractivity contribution in [2.24, 2.45) is 5.92 Å². The standard InChI is InChI=1S/C13H23F3O/c1-4-6-7-9-12(8-5-2)10-17-11(3)13(14,15)16/h12H,3-10H2,1-2H3. The third kappa shape index (κ3) is 8.11. The van der Waals surface area contributed by atoms with Crippen LogP contribution in [0.1, 0.15) is 52.4 Å². The molecular weight excluding hydrogens is 229 g/mol. The lowest BCUT2D eigenvalue weighted by Crippen LogP contribution is -2.17. The Kier molecular flexibility index (Phi) is 8.09. The zero-order valence-electron chi connectivity index (χ0n) is 10.8. The lowest BCUT2D eigenvalue weighted by atomic mass is 9.97. The van der Waals surface area contributed by atoms with Gasteiger partial charge in [0.2, 0.25) is 0 Å². The molecule has 0 rings (SSSR count). The minimum Gasteiger partial charge on any atom is -0.489 e. The van der Waals surface area contributed by atoms with Crippen LogP contribution in [0, 0.1) is 5.92 Å².